The summed E-state index contributed by atoms with van der Waals surface area (Å²) in [5.74, 6) is -1.87. The van der Waals surface area contributed by atoms with Crippen LogP contribution in [-0.2, 0) is 6.42 Å². The van der Waals surface area contributed by atoms with Gasteiger partial charge in [0.15, 0.2) is 5.82 Å². The topological polar surface area (TPSA) is 61.5 Å². The smallest absolute Gasteiger partial charge is 0.284 e. The van der Waals surface area contributed by atoms with Gasteiger partial charge in [0.1, 0.15) is 11.5 Å². The molecule has 7 heteroatoms. The van der Waals surface area contributed by atoms with E-state index in [2.05, 4.69) is 9.97 Å². The van der Waals surface area contributed by atoms with E-state index in [1.54, 1.807) is 23.7 Å². The summed E-state index contributed by atoms with van der Waals surface area (Å²) in [5, 5.41) is 4.75. The van der Waals surface area contributed by atoms with Crippen LogP contribution in [0.25, 0.3) is 22.2 Å². The first-order chi connectivity index (χ1) is 11.6. The summed E-state index contributed by atoms with van der Waals surface area (Å²) in [7, 11) is 0. The van der Waals surface area contributed by atoms with Crippen LogP contribution in [0.15, 0.2) is 46.3 Å². The number of aromatic amines is 2. The van der Waals surface area contributed by atoms with Crippen LogP contribution in [0.3, 0.4) is 0 Å². The number of hydrogen-bond acceptors (Lipinski definition) is 3. The molecule has 4 aromatic heterocycles. The Morgan fingerprint density at radius 3 is 2.83 bits per heavy atom. The predicted octanol–water partition coefficient (Wildman–Crippen LogP) is 3.85. The van der Waals surface area contributed by atoms with Gasteiger partial charge in [-0.2, -0.15) is 11.3 Å². The van der Waals surface area contributed by atoms with Crippen LogP contribution in [0.4, 0.5) is 8.78 Å². The molecule has 24 heavy (non-hydrogen) atoms. The first-order valence-corrected chi connectivity index (χ1v) is 8.12. The standard InChI is InChI=1S/C17H11F2N3OS/c18-14-7-22-17(23)15(19)13(14)4-11-6-21-16-12(11)3-10(5-20-16)9-1-2-24-8-9/h1-3,5-8H,4H2,(H,20,21)(H,22,23). The summed E-state index contributed by atoms with van der Waals surface area (Å²) in [6.45, 7) is 0. The highest BCUT2D eigenvalue weighted by atomic mass is 32.1. The summed E-state index contributed by atoms with van der Waals surface area (Å²) in [5.41, 5.74) is 2.10. The Morgan fingerprint density at radius 1 is 1.17 bits per heavy atom. The molecule has 4 nitrogen and oxygen atoms in total. The highest BCUT2D eigenvalue weighted by Crippen LogP contribution is 2.27. The van der Waals surface area contributed by atoms with Gasteiger partial charge in [0, 0.05) is 41.5 Å². The second-order valence-corrected chi connectivity index (χ2v) is 6.16. The lowest BCUT2D eigenvalue weighted by Crippen LogP contribution is -2.15. The quantitative estimate of drug-likeness (QED) is 0.593. The maximum absolute atomic E-state index is 13.9. The van der Waals surface area contributed by atoms with Crippen molar-refractivity contribution in [3.63, 3.8) is 0 Å². The van der Waals surface area contributed by atoms with Gasteiger partial charge < -0.3 is 9.97 Å². The monoisotopic (exact) mass is 343 g/mol. The molecule has 0 aromatic carbocycles. The summed E-state index contributed by atoms with van der Waals surface area (Å²) < 4.78 is 27.8. The predicted molar refractivity (Wildman–Crippen MR) is 89.2 cm³/mol. The fraction of sp³-hybridized carbons (Fsp3) is 0.0588. The van der Waals surface area contributed by atoms with Crippen molar-refractivity contribution in [3.8, 4) is 11.1 Å². The second kappa shape index (κ2) is 5.68. The summed E-state index contributed by atoms with van der Waals surface area (Å²) in [6, 6.07) is 3.91. The van der Waals surface area contributed by atoms with Gasteiger partial charge in [-0.05, 0) is 34.0 Å². The molecule has 0 unspecified atom stereocenters. The van der Waals surface area contributed by atoms with Gasteiger partial charge in [-0.25, -0.2) is 13.8 Å². The van der Waals surface area contributed by atoms with E-state index in [4.69, 9.17) is 0 Å². The number of nitrogens with one attached hydrogen (secondary N) is 2. The summed E-state index contributed by atoms with van der Waals surface area (Å²) in [6.07, 6.45) is 4.26. The number of H-pyrrole nitrogens is 2. The van der Waals surface area contributed by atoms with Crippen LogP contribution >= 0.6 is 11.3 Å². The highest BCUT2D eigenvalue weighted by molar-refractivity contribution is 7.08. The maximum atomic E-state index is 13.9. The van der Waals surface area contributed by atoms with E-state index < -0.39 is 17.2 Å². The van der Waals surface area contributed by atoms with Crippen LogP contribution in [0, 0.1) is 11.6 Å². The molecule has 4 rings (SSSR count). The minimum atomic E-state index is -1.09. The molecule has 0 fully saturated rings. The molecular formula is C17H11F2N3OS. The minimum absolute atomic E-state index is 0.0314. The van der Waals surface area contributed by atoms with Gasteiger partial charge >= 0.3 is 0 Å². The van der Waals surface area contributed by atoms with Crippen molar-refractivity contribution in [2.75, 3.05) is 0 Å². The number of rotatable bonds is 3. The van der Waals surface area contributed by atoms with Crippen LogP contribution < -0.4 is 5.56 Å². The third-order valence-electron chi connectivity index (χ3n) is 3.92. The number of thiophene rings is 1. The van der Waals surface area contributed by atoms with E-state index in [0.29, 0.717) is 11.2 Å². The van der Waals surface area contributed by atoms with Crippen molar-refractivity contribution >= 4 is 22.4 Å². The number of pyridine rings is 2. The molecule has 0 saturated heterocycles. The molecule has 0 saturated carbocycles. The average molecular weight is 343 g/mol. The molecule has 0 aliphatic carbocycles. The van der Waals surface area contributed by atoms with Gasteiger partial charge in [-0.3, -0.25) is 4.79 Å². The van der Waals surface area contributed by atoms with Crippen LogP contribution in [0.1, 0.15) is 11.1 Å². The van der Waals surface area contributed by atoms with Crippen LogP contribution in [-0.4, -0.2) is 15.0 Å². The zero-order valence-corrected chi connectivity index (χ0v) is 13.1. The molecule has 0 amide bonds. The lowest BCUT2D eigenvalue weighted by Gasteiger charge is -2.04. The summed E-state index contributed by atoms with van der Waals surface area (Å²) >= 11 is 1.58. The fourth-order valence-corrected chi connectivity index (χ4v) is 3.33. The van der Waals surface area contributed by atoms with E-state index in [-0.39, 0.29) is 12.0 Å². The van der Waals surface area contributed by atoms with E-state index in [1.807, 2.05) is 27.9 Å². The number of halogens is 2. The van der Waals surface area contributed by atoms with Crippen molar-refractivity contribution < 1.29 is 8.78 Å². The number of nitrogens with zero attached hydrogens (tertiary/aromatic N) is 1. The molecule has 0 aliphatic rings. The molecule has 0 radical (unpaired) electrons. The molecular weight excluding hydrogens is 332 g/mol. The Hall–Kier alpha value is -2.80. The molecule has 0 spiro atoms. The minimum Gasteiger partial charge on any atom is -0.346 e. The fourth-order valence-electron chi connectivity index (χ4n) is 2.66. The Bertz CT molecular complexity index is 1080. The van der Waals surface area contributed by atoms with Gasteiger partial charge in [-0.1, -0.05) is 0 Å². The van der Waals surface area contributed by atoms with Crippen molar-refractivity contribution in [3.05, 3.63) is 74.6 Å². The largest absolute Gasteiger partial charge is 0.346 e. The van der Waals surface area contributed by atoms with Crippen LogP contribution in [0.2, 0.25) is 0 Å². The normalized spacial score (nSPS) is 11.2. The lowest BCUT2D eigenvalue weighted by molar-refractivity contribution is 0.543. The lowest BCUT2D eigenvalue weighted by atomic mass is 10.0. The zero-order chi connectivity index (χ0) is 16.7. The molecule has 0 atom stereocenters. The third kappa shape index (κ3) is 2.43. The van der Waals surface area contributed by atoms with Gasteiger partial charge in [0.05, 0.1) is 0 Å². The molecule has 4 aromatic rings. The Labute approximate surface area is 138 Å². The Morgan fingerprint density at radius 2 is 2.04 bits per heavy atom. The van der Waals surface area contributed by atoms with Gasteiger partial charge in [0.2, 0.25) is 0 Å². The third-order valence-corrected chi connectivity index (χ3v) is 4.60. The van der Waals surface area contributed by atoms with Crippen molar-refractivity contribution in [1.82, 2.24) is 15.0 Å². The first-order valence-electron chi connectivity index (χ1n) is 7.17. The number of aromatic nitrogens is 3. The molecule has 2 N–H and O–H groups in total. The van der Waals surface area contributed by atoms with Crippen LogP contribution in [0.5, 0.6) is 0 Å². The maximum Gasteiger partial charge on any atom is 0.284 e. The van der Waals surface area contributed by atoms with Crippen molar-refractivity contribution in [1.29, 1.82) is 0 Å². The Balaban J connectivity index is 1.82. The number of hydrogen-bond donors (Lipinski definition) is 2. The van der Waals surface area contributed by atoms with E-state index in [1.165, 1.54) is 0 Å². The molecule has 0 bridgehead atoms. The Kier molecular flexibility index (Phi) is 3.50. The number of fused-ring (bicyclic) bond motifs is 1. The van der Waals surface area contributed by atoms with Gasteiger partial charge in [-0.15, -0.1) is 0 Å². The second-order valence-electron chi connectivity index (χ2n) is 5.38. The highest BCUT2D eigenvalue weighted by Gasteiger charge is 2.16. The molecule has 0 aliphatic heterocycles. The van der Waals surface area contributed by atoms with Gasteiger partial charge in [0.25, 0.3) is 5.56 Å². The van der Waals surface area contributed by atoms with Crippen molar-refractivity contribution in [2.24, 2.45) is 0 Å². The molecule has 4 heterocycles. The average Bonchev–Trinajstić information content (AvgIpc) is 3.24. The zero-order valence-electron chi connectivity index (χ0n) is 12.3. The van der Waals surface area contributed by atoms with Crippen molar-refractivity contribution in [2.45, 2.75) is 6.42 Å². The van der Waals surface area contributed by atoms with E-state index in [0.717, 1.165) is 22.7 Å². The molecule has 120 valence electrons. The van der Waals surface area contributed by atoms with E-state index in [9.17, 15) is 13.6 Å². The SMILES string of the molecule is O=c1[nH]cc(F)c(Cc2c[nH]c3ncc(-c4ccsc4)cc23)c1F. The van der Waals surface area contributed by atoms with E-state index >= 15 is 0 Å². The summed E-state index contributed by atoms with van der Waals surface area (Å²) in [4.78, 5) is 20.8. The first kappa shape index (κ1) is 14.8.